The SMILES string of the molecule is CC.Cc1ccc(C2CCC2)c(-c2ccccc2)c1.Cc1ccc2ccccc2c1. The molecule has 0 bridgehead atoms. The van der Waals surface area contributed by atoms with Gasteiger partial charge < -0.3 is 0 Å². The topological polar surface area (TPSA) is 0 Å². The van der Waals surface area contributed by atoms with E-state index in [1.165, 1.54) is 52.3 Å². The van der Waals surface area contributed by atoms with E-state index in [4.69, 9.17) is 0 Å². The minimum Gasteiger partial charge on any atom is -0.0683 e. The molecule has 0 N–H and O–H groups in total. The summed E-state index contributed by atoms with van der Waals surface area (Å²) in [6, 6.07) is 32.6. The molecule has 0 radical (unpaired) electrons. The summed E-state index contributed by atoms with van der Waals surface area (Å²) in [7, 11) is 0. The van der Waals surface area contributed by atoms with E-state index < -0.39 is 0 Å². The highest BCUT2D eigenvalue weighted by Crippen LogP contribution is 2.41. The molecule has 0 heteroatoms. The van der Waals surface area contributed by atoms with Crippen molar-refractivity contribution in [3.63, 3.8) is 0 Å². The first-order chi connectivity index (χ1) is 14.7. The summed E-state index contributed by atoms with van der Waals surface area (Å²) in [6.45, 7) is 8.30. The van der Waals surface area contributed by atoms with Gasteiger partial charge in [-0.1, -0.05) is 122 Å². The Kier molecular flexibility index (Phi) is 7.85. The van der Waals surface area contributed by atoms with Gasteiger partial charge >= 0.3 is 0 Å². The fourth-order valence-corrected chi connectivity index (χ4v) is 3.92. The molecule has 4 aromatic rings. The molecular formula is C30H34. The van der Waals surface area contributed by atoms with E-state index in [0.717, 1.165) is 5.92 Å². The van der Waals surface area contributed by atoms with Crippen LogP contribution in [0.15, 0.2) is 91.0 Å². The maximum absolute atomic E-state index is 2.34. The average Bonchev–Trinajstić information content (AvgIpc) is 2.76. The van der Waals surface area contributed by atoms with Crippen LogP contribution < -0.4 is 0 Å². The van der Waals surface area contributed by atoms with Crippen molar-refractivity contribution in [1.29, 1.82) is 0 Å². The Morgan fingerprint density at radius 2 is 1.20 bits per heavy atom. The number of hydrogen-bond acceptors (Lipinski definition) is 0. The van der Waals surface area contributed by atoms with Gasteiger partial charge in [0.2, 0.25) is 0 Å². The third-order valence-electron chi connectivity index (χ3n) is 5.74. The van der Waals surface area contributed by atoms with Gasteiger partial charge in [0.25, 0.3) is 0 Å². The summed E-state index contributed by atoms with van der Waals surface area (Å²) in [6.07, 6.45) is 4.12. The van der Waals surface area contributed by atoms with Crippen LogP contribution >= 0.6 is 0 Å². The molecule has 0 saturated heterocycles. The van der Waals surface area contributed by atoms with Crippen molar-refractivity contribution in [3.8, 4) is 11.1 Å². The van der Waals surface area contributed by atoms with E-state index in [1.54, 1.807) is 5.56 Å². The summed E-state index contributed by atoms with van der Waals surface area (Å²) in [5.74, 6) is 0.797. The second-order valence-corrected chi connectivity index (χ2v) is 7.94. The first-order valence-corrected chi connectivity index (χ1v) is 11.3. The molecule has 0 amide bonds. The monoisotopic (exact) mass is 394 g/mol. The largest absolute Gasteiger partial charge is 0.0683 e. The second kappa shape index (κ2) is 10.8. The van der Waals surface area contributed by atoms with Gasteiger partial charge in [0.1, 0.15) is 0 Å². The number of rotatable bonds is 2. The summed E-state index contributed by atoms with van der Waals surface area (Å²) in [5.41, 5.74) is 7.03. The maximum atomic E-state index is 2.34. The lowest BCUT2D eigenvalue weighted by Gasteiger charge is -2.28. The summed E-state index contributed by atoms with van der Waals surface area (Å²) in [4.78, 5) is 0. The molecule has 0 atom stereocenters. The molecule has 0 aliphatic heterocycles. The first-order valence-electron chi connectivity index (χ1n) is 11.3. The van der Waals surface area contributed by atoms with Gasteiger partial charge in [0.05, 0.1) is 0 Å². The van der Waals surface area contributed by atoms with Crippen LogP contribution in [0.1, 0.15) is 55.7 Å². The Morgan fingerprint density at radius 1 is 0.600 bits per heavy atom. The van der Waals surface area contributed by atoms with Crippen LogP contribution in [0, 0.1) is 13.8 Å². The zero-order valence-electron chi connectivity index (χ0n) is 18.9. The van der Waals surface area contributed by atoms with Gasteiger partial charge in [0, 0.05) is 0 Å². The van der Waals surface area contributed by atoms with E-state index >= 15 is 0 Å². The van der Waals surface area contributed by atoms with Gasteiger partial charge in [-0.15, -0.1) is 0 Å². The molecule has 30 heavy (non-hydrogen) atoms. The van der Waals surface area contributed by atoms with E-state index in [2.05, 4.69) is 105 Å². The number of aryl methyl sites for hydroxylation is 2. The van der Waals surface area contributed by atoms with Crippen LogP contribution in [0.25, 0.3) is 21.9 Å². The fourth-order valence-electron chi connectivity index (χ4n) is 3.92. The van der Waals surface area contributed by atoms with Crippen LogP contribution in [0.4, 0.5) is 0 Å². The van der Waals surface area contributed by atoms with Gasteiger partial charge in [-0.25, -0.2) is 0 Å². The summed E-state index contributed by atoms with van der Waals surface area (Å²) in [5, 5.41) is 2.64. The lowest BCUT2D eigenvalue weighted by molar-refractivity contribution is 0.420. The van der Waals surface area contributed by atoms with Gasteiger partial charge in [-0.05, 0) is 60.1 Å². The molecule has 0 nitrogen and oxygen atoms in total. The predicted octanol–water partition coefficient (Wildman–Crippen LogP) is 9.10. The Balaban J connectivity index is 0.000000170. The highest BCUT2D eigenvalue weighted by atomic mass is 14.3. The summed E-state index contributed by atoms with van der Waals surface area (Å²) < 4.78 is 0. The normalized spacial score (nSPS) is 12.8. The van der Waals surface area contributed by atoms with Crippen molar-refractivity contribution in [3.05, 3.63) is 108 Å². The smallest absolute Gasteiger partial charge is 0.0146 e. The molecule has 1 saturated carbocycles. The molecule has 1 aliphatic carbocycles. The summed E-state index contributed by atoms with van der Waals surface area (Å²) >= 11 is 0. The Morgan fingerprint density at radius 3 is 1.87 bits per heavy atom. The molecule has 0 heterocycles. The number of fused-ring (bicyclic) bond motifs is 1. The molecular weight excluding hydrogens is 360 g/mol. The zero-order valence-corrected chi connectivity index (χ0v) is 18.9. The minimum absolute atomic E-state index is 0.797. The molecule has 0 spiro atoms. The number of hydrogen-bond donors (Lipinski definition) is 0. The Hall–Kier alpha value is -2.86. The van der Waals surface area contributed by atoms with Crippen molar-refractivity contribution in [2.75, 3.05) is 0 Å². The third kappa shape index (κ3) is 5.39. The van der Waals surface area contributed by atoms with Gasteiger partial charge in [-0.2, -0.15) is 0 Å². The Labute approximate surface area is 182 Å². The lowest BCUT2D eigenvalue weighted by atomic mass is 9.77. The standard InChI is InChI=1S/C17H18.C11H10.C2H6/c1-13-10-11-16(14-8-5-9-14)17(12-13)15-6-3-2-4-7-15;1-9-6-7-10-4-2-3-5-11(10)8-9;1-2/h2-4,6-7,10-12,14H,5,8-9H2,1H3;2-8H,1H3;1-2H3. The van der Waals surface area contributed by atoms with Crippen LogP contribution in [0.5, 0.6) is 0 Å². The van der Waals surface area contributed by atoms with E-state index in [-0.39, 0.29) is 0 Å². The van der Waals surface area contributed by atoms with Crippen molar-refractivity contribution < 1.29 is 0 Å². The highest BCUT2D eigenvalue weighted by molar-refractivity contribution is 5.82. The van der Waals surface area contributed by atoms with Crippen molar-refractivity contribution in [2.24, 2.45) is 0 Å². The van der Waals surface area contributed by atoms with E-state index in [0.29, 0.717) is 0 Å². The van der Waals surface area contributed by atoms with E-state index in [9.17, 15) is 0 Å². The fraction of sp³-hybridized carbons (Fsp3) is 0.267. The molecule has 154 valence electrons. The predicted molar refractivity (Wildman–Crippen MR) is 133 cm³/mol. The van der Waals surface area contributed by atoms with Crippen molar-refractivity contribution in [1.82, 2.24) is 0 Å². The van der Waals surface area contributed by atoms with Crippen molar-refractivity contribution >= 4 is 10.8 Å². The highest BCUT2D eigenvalue weighted by Gasteiger charge is 2.22. The molecule has 4 aromatic carbocycles. The van der Waals surface area contributed by atoms with Gasteiger partial charge in [-0.3, -0.25) is 0 Å². The Bertz CT molecular complexity index is 1060. The van der Waals surface area contributed by atoms with Crippen LogP contribution in [-0.2, 0) is 0 Å². The van der Waals surface area contributed by atoms with E-state index in [1.807, 2.05) is 13.8 Å². The second-order valence-electron chi connectivity index (χ2n) is 7.94. The molecule has 0 aromatic heterocycles. The molecule has 0 unspecified atom stereocenters. The maximum Gasteiger partial charge on any atom is -0.0146 e. The molecule has 1 aliphatic rings. The van der Waals surface area contributed by atoms with Crippen molar-refractivity contribution in [2.45, 2.75) is 52.9 Å². The minimum atomic E-state index is 0.797. The number of benzene rings is 4. The zero-order chi connectivity index (χ0) is 21.3. The van der Waals surface area contributed by atoms with Gasteiger partial charge in [0.15, 0.2) is 0 Å². The average molecular weight is 395 g/mol. The first kappa shape index (κ1) is 21.8. The molecule has 1 fully saturated rings. The third-order valence-corrected chi connectivity index (χ3v) is 5.74. The van der Waals surface area contributed by atoms with Crippen LogP contribution in [0.2, 0.25) is 0 Å². The lowest BCUT2D eigenvalue weighted by Crippen LogP contribution is -2.10. The van der Waals surface area contributed by atoms with Crippen LogP contribution in [-0.4, -0.2) is 0 Å². The quantitative estimate of drug-likeness (QED) is 0.318. The molecule has 5 rings (SSSR count). The van der Waals surface area contributed by atoms with Crippen LogP contribution in [0.3, 0.4) is 0 Å².